The molecular weight excluding hydrogens is 347 g/mol. The third kappa shape index (κ3) is 3.32. The number of carbonyl (C=O) groups is 2. The molecule has 27 heavy (non-hydrogen) atoms. The van der Waals surface area contributed by atoms with E-state index in [1.165, 1.54) is 18.1 Å². The summed E-state index contributed by atoms with van der Waals surface area (Å²) in [6, 6.07) is 13.2. The SMILES string of the molecule is COc1ccccc1N1C(=O)CC(N(Cc2ccccc2F)C2CC2)C1=O. The van der Waals surface area contributed by atoms with Gasteiger partial charge in [-0.3, -0.25) is 14.5 Å². The highest BCUT2D eigenvalue weighted by Gasteiger charge is 2.47. The molecule has 2 amide bonds. The number of anilines is 1. The highest BCUT2D eigenvalue weighted by atomic mass is 19.1. The van der Waals surface area contributed by atoms with Gasteiger partial charge in [0.05, 0.1) is 25.3 Å². The van der Waals surface area contributed by atoms with Crippen molar-refractivity contribution in [1.29, 1.82) is 0 Å². The maximum absolute atomic E-state index is 14.1. The smallest absolute Gasteiger partial charge is 0.251 e. The Morgan fingerprint density at radius 2 is 1.81 bits per heavy atom. The first-order chi connectivity index (χ1) is 13.1. The van der Waals surface area contributed by atoms with E-state index in [-0.39, 0.29) is 30.1 Å². The second kappa shape index (κ2) is 7.12. The molecule has 1 aliphatic carbocycles. The molecule has 2 aliphatic rings. The number of carbonyl (C=O) groups excluding carboxylic acids is 2. The first kappa shape index (κ1) is 17.7. The van der Waals surface area contributed by atoms with E-state index in [1.807, 2.05) is 4.90 Å². The van der Waals surface area contributed by atoms with Crippen LogP contribution < -0.4 is 9.64 Å². The zero-order chi connectivity index (χ0) is 19.0. The lowest BCUT2D eigenvalue weighted by atomic mass is 10.1. The van der Waals surface area contributed by atoms with Gasteiger partial charge in [-0.05, 0) is 31.0 Å². The van der Waals surface area contributed by atoms with Crippen molar-refractivity contribution in [2.45, 2.75) is 37.9 Å². The van der Waals surface area contributed by atoms with Crippen LogP contribution in [0, 0.1) is 5.82 Å². The largest absolute Gasteiger partial charge is 0.495 e. The average Bonchev–Trinajstić information content (AvgIpc) is 3.47. The lowest BCUT2D eigenvalue weighted by Crippen LogP contribution is -2.43. The van der Waals surface area contributed by atoms with Crippen LogP contribution in [-0.2, 0) is 16.1 Å². The standard InChI is InChI=1S/C21H21FN2O3/c1-27-19-9-5-4-8-17(19)24-20(25)12-18(21(24)26)23(15-10-11-15)13-14-6-2-3-7-16(14)22/h2-9,15,18H,10-13H2,1H3. The van der Waals surface area contributed by atoms with Crippen molar-refractivity contribution in [3.63, 3.8) is 0 Å². The summed E-state index contributed by atoms with van der Waals surface area (Å²) in [7, 11) is 1.51. The molecule has 6 heteroatoms. The maximum atomic E-state index is 14.1. The van der Waals surface area contributed by atoms with Crippen molar-refractivity contribution in [2.75, 3.05) is 12.0 Å². The van der Waals surface area contributed by atoms with Crippen LogP contribution >= 0.6 is 0 Å². The zero-order valence-corrected chi connectivity index (χ0v) is 15.1. The first-order valence-corrected chi connectivity index (χ1v) is 9.09. The summed E-state index contributed by atoms with van der Waals surface area (Å²) in [6.45, 7) is 0.320. The molecule has 0 N–H and O–H groups in total. The van der Waals surface area contributed by atoms with Gasteiger partial charge in [-0.2, -0.15) is 0 Å². The van der Waals surface area contributed by atoms with Crippen molar-refractivity contribution in [3.05, 3.63) is 59.9 Å². The monoisotopic (exact) mass is 368 g/mol. The van der Waals surface area contributed by atoms with Crippen LogP contribution in [0.5, 0.6) is 5.75 Å². The molecule has 4 rings (SSSR count). The van der Waals surface area contributed by atoms with E-state index >= 15 is 0 Å². The zero-order valence-electron chi connectivity index (χ0n) is 15.1. The van der Waals surface area contributed by atoms with E-state index in [4.69, 9.17) is 4.74 Å². The molecule has 0 bridgehead atoms. The highest BCUT2D eigenvalue weighted by molar-refractivity contribution is 6.23. The molecular formula is C21H21FN2O3. The van der Waals surface area contributed by atoms with Gasteiger partial charge < -0.3 is 4.74 Å². The minimum absolute atomic E-state index is 0.0990. The number of halogens is 1. The Labute approximate surface area is 157 Å². The second-order valence-corrected chi connectivity index (χ2v) is 6.95. The molecule has 0 radical (unpaired) electrons. The van der Waals surface area contributed by atoms with Crippen LogP contribution in [0.4, 0.5) is 10.1 Å². The molecule has 1 saturated heterocycles. The Hall–Kier alpha value is -2.73. The molecule has 0 spiro atoms. The Morgan fingerprint density at radius 1 is 1.11 bits per heavy atom. The van der Waals surface area contributed by atoms with Gasteiger partial charge in [0.1, 0.15) is 11.6 Å². The Kier molecular flexibility index (Phi) is 4.66. The molecule has 1 atom stereocenters. The Balaban J connectivity index is 1.62. The Morgan fingerprint density at radius 3 is 2.52 bits per heavy atom. The van der Waals surface area contributed by atoms with E-state index in [2.05, 4.69) is 0 Å². The van der Waals surface area contributed by atoms with E-state index < -0.39 is 6.04 Å². The summed E-state index contributed by atoms with van der Waals surface area (Å²) in [5, 5.41) is 0. The maximum Gasteiger partial charge on any atom is 0.251 e. The highest BCUT2D eigenvalue weighted by Crippen LogP contribution is 2.37. The number of methoxy groups -OCH3 is 1. The molecule has 5 nitrogen and oxygen atoms in total. The fourth-order valence-electron chi connectivity index (χ4n) is 3.67. The number of hydrogen-bond donors (Lipinski definition) is 0. The minimum Gasteiger partial charge on any atom is -0.495 e. The molecule has 2 aromatic carbocycles. The third-order valence-electron chi connectivity index (χ3n) is 5.18. The van der Waals surface area contributed by atoms with Crippen molar-refractivity contribution in [3.8, 4) is 5.75 Å². The van der Waals surface area contributed by atoms with Crippen molar-refractivity contribution >= 4 is 17.5 Å². The van der Waals surface area contributed by atoms with Gasteiger partial charge in [0.2, 0.25) is 5.91 Å². The van der Waals surface area contributed by atoms with E-state index in [1.54, 1.807) is 42.5 Å². The molecule has 2 fully saturated rings. The van der Waals surface area contributed by atoms with Gasteiger partial charge in [-0.1, -0.05) is 30.3 Å². The van der Waals surface area contributed by atoms with Crippen LogP contribution in [0.3, 0.4) is 0 Å². The van der Waals surface area contributed by atoms with Gasteiger partial charge in [-0.15, -0.1) is 0 Å². The first-order valence-electron chi connectivity index (χ1n) is 9.09. The number of benzene rings is 2. The van der Waals surface area contributed by atoms with Gasteiger partial charge in [0.15, 0.2) is 0 Å². The van der Waals surface area contributed by atoms with E-state index in [9.17, 15) is 14.0 Å². The summed E-state index contributed by atoms with van der Waals surface area (Å²) >= 11 is 0. The summed E-state index contributed by atoms with van der Waals surface area (Å²) in [4.78, 5) is 29.0. The van der Waals surface area contributed by atoms with Gasteiger partial charge in [0, 0.05) is 18.2 Å². The number of ether oxygens (including phenoxy) is 1. The van der Waals surface area contributed by atoms with Crippen LogP contribution in [0.15, 0.2) is 48.5 Å². The number of nitrogens with zero attached hydrogens (tertiary/aromatic N) is 2. The van der Waals surface area contributed by atoms with Crippen LogP contribution in [-0.4, -0.2) is 35.9 Å². The molecule has 1 saturated carbocycles. The summed E-state index contributed by atoms with van der Waals surface area (Å²) in [5.74, 6) is -0.338. The normalized spacial score (nSPS) is 19.8. The molecule has 2 aromatic rings. The van der Waals surface area contributed by atoms with Crippen molar-refractivity contribution in [1.82, 2.24) is 4.90 Å². The summed E-state index contributed by atoms with van der Waals surface area (Å²) < 4.78 is 19.4. The molecule has 1 unspecified atom stereocenters. The predicted octanol–water partition coefficient (Wildman–Crippen LogP) is 3.13. The topological polar surface area (TPSA) is 49.9 Å². The third-order valence-corrected chi connectivity index (χ3v) is 5.18. The summed E-state index contributed by atoms with van der Waals surface area (Å²) in [6.07, 6.45) is 2.02. The average molecular weight is 368 g/mol. The Bertz CT molecular complexity index is 881. The van der Waals surface area contributed by atoms with Crippen LogP contribution in [0.2, 0.25) is 0 Å². The van der Waals surface area contributed by atoms with E-state index in [0.717, 1.165) is 12.8 Å². The number of imide groups is 1. The van der Waals surface area contributed by atoms with E-state index in [0.29, 0.717) is 23.5 Å². The fourth-order valence-corrected chi connectivity index (χ4v) is 3.67. The summed E-state index contributed by atoms with van der Waals surface area (Å²) in [5.41, 5.74) is 1.000. The van der Waals surface area contributed by atoms with Gasteiger partial charge >= 0.3 is 0 Å². The molecule has 1 aliphatic heterocycles. The second-order valence-electron chi connectivity index (χ2n) is 6.95. The number of amides is 2. The number of hydrogen-bond acceptors (Lipinski definition) is 4. The lowest BCUT2D eigenvalue weighted by Gasteiger charge is -2.27. The number of rotatable bonds is 6. The minimum atomic E-state index is -0.575. The molecule has 0 aromatic heterocycles. The lowest BCUT2D eigenvalue weighted by molar-refractivity contribution is -0.123. The van der Waals surface area contributed by atoms with Crippen molar-refractivity contribution < 1.29 is 18.7 Å². The molecule has 1 heterocycles. The van der Waals surface area contributed by atoms with Crippen LogP contribution in [0.1, 0.15) is 24.8 Å². The predicted molar refractivity (Wildman–Crippen MR) is 98.9 cm³/mol. The van der Waals surface area contributed by atoms with Crippen molar-refractivity contribution in [2.24, 2.45) is 0 Å². The quantitative estimate of drug-likeness (QED) is 0.735. The number of para-hydroxylation sites is 2. The van der Waals surface area contributed by atoms with Gasteiger partial charge in [-0.25, -0.2) is 9.29 Å². The fraction of sp³-hybridized carbons (Fsp3) is 0.333. The van der Waals surface area contributed by atoms with Crippen LogP contribution in [0.25, 0.3) is 0 Å². The molecule has 140 valence electrons. The van der Waals surface area contributed by atoms with Gasteiger partial charge in [0.25, 0.3) is 5.91 Å².